The van der Waals surface area contributed by atoms with Crippen LogP contribution in [-0.4, -0.2) is 18.6 Å². The van der Waals surface area contributed by atoms with Gasteiger partial charge in [0.15, 0.2) is 11.6 Å². The Morgan fingerprint density at radius 2 is 1.84 bits per heavy atom. The maximum absolute atomic E-state index is 13.4. The fourth-order valence-corrected chi connectivity index (χ4v) is 1.90. The summed E-state index contributed by atoms with van der Waals surface area (Å²) < 4.78 is 31.1. The van der Waals surface area contributed by atoms with Gasteiger partial charge in [-0.3, -0.25) is 4.79 Å². The molecule has 106 valence electrons. The van der Waals surface area contributed by atoms with Crippen molar-refractivity contribution in [2.24, 2.45) is 5.73 Å². The van der Waals surface area contributed by atoms with E-state index in [1.165, 1.54) is 13.2 Å². The van der Waals surface area contributed by atoms with Gasteiger partial charge < -0.3 is 10.5 Å². The quantitative estimate of drug-likeness (QED) is 0.856. The Balaban J connectivity index is 3.31. The first-order chi connectivity index (χ1) is 8.61. The Bertz CT molecular complexity index is 483. The Kier molecular flexibility index (Phi) is 4.30. The number of carbonyl (C=O) groups is 1. The highest BCUT2D eigenvalue weighted by Gasteiger charge is 2.42. The van der Waals surface area contributed by atoms with Crippen LogP contribution in [0.2, 0.25) is 0 Å². The maximum atomic E-state index is 13.4. The van der Waals surface area contributed by atoms with Crippen molar-refractivity contribution in [1.82, 2.24) is 0 Å². The summed E-state index contributed by atoms with van der Waals surface area (Å²) in [5.74, 6) is -2.34. The third-order valence-electron chi connectivity index (χ3n) is 3.70. The molecule has 0 heterocycles. The van der Waals surface area contributed by atoms with Crippen molar-refractivity contribution in [3.63, 3.8) is 0 Å². The van der Waals surface area contributed by atoms with Gasteiger partial charge in [0, 0.05) is 11.0 Å². The van der Waals surface area contributed by atoms with Crippen LogP contribution >= 0.6 is 0 Å². The maximum Gasteiger partial charge on any atom is 0.306 e. The molecule has 0 radical (unpaired) electrons. The predicted octanol–water partition coefficient (Wildman–Crippen LogP) is 2.52. The van der Waals surface area contributed by atoms with Crippen LogP contribution in [0.3, 0.4) is 0 Å². The highest BCUT2D eigenvalue weighted by atomic mass is 19.2. The average Bonchev–Trinajstić information content (AvgIpc) is 2.30. The van der Waals surface area contributed by atoms with Crippen LogP contribution in [0.1, 0.15) is 32.8 Å². The molecule has 0 saturated carbocycles. The molecule has 0 fully saturated rings. The zero-order chi connectivity index (χ0) is 14.8. The second kappa shape index (κ2) is 5.25. The van der Waals surface area contributed by atoms with E-state index in [1.807, 2.05) is 0 Å². The van der Waals surface area contributed by atoms with Gasteiger partial charge in [0.05, 0.1) is 13.5 Å². The highest BCUT2D eigenvalue weighted by molar-refractivity contribution is 5.71. The largest absolute Gasteiger partial charge is 0.469 e. The van der Waals surface area contributed by atoms with Crippen molar-refractivity contribution < 1.29 is 18.3 Å². The molecule has 0 spiro atoms. The number of hydrogen-bond donors (Lipinski definition) is 1. The van der Waals surface area contributed by atoms with E-state index >= 15 is 0 Å². The molecule has 1 atom stereocenters. The molecule has 1 aromatic carbocycles. The lowest BCUT2D eigenvalue weighted by molar-refractivity contribution is -0.142. The minimum Gasteiger partial charge on any atom is -0.469 e. The number of esters is 1. The third kappa shape index (κ3) is 3.10. The van der Waals surface area contributed by atoms with Crippen molar-refractivity contribution in [2.45, 2.75) is 38.1 Å². The fourth-order valence-electron chi connectivity index (χ4n) is 1.90. The molecule has 0 aliphatic carbocycles. The van der Waals surface area contributed by atoms with Crippen molar-refractivity contribution in [3.05, 3.63) is 35.4 Å². The number of halogens is 2. The lowest BCUT2D eigenvalue weighted by Crippen LogP contribution is -2.53. The first kappa shape index (κ1) is 15.6. The molecule has 0 aliphatic heterocycles. The monoisotopic (exact) mass is 271 g/mol. The molecule has 5 heteroatoms. The molecule has 3 nitrogen and oxygen atoms in total. The molecule has 1 rings (SSSR count). The first-order valence-electron chi connectivity index (χ1n) is 5.93. The van der Waals surface area contributed by atoms with Gasteiger partial charge in [0.2, 0.25) is 0 Å². The Hall–Kier alpha value is -1.49. The number of carbonyl (C=O) groups excluding carboxylic acids is 1. The first-order valence-corrected chi connectivity index (χ1v) is 5.93. The molecule has 0 saturated heterocycles. The molecule has 1 aromatic rings. The van der Waals surface area contributed by atoms with Gasteiger partial charge in [0.1, 0.15) is 0 Å². The standard InChI is InChI=1S/C14H19F2NO2/c1-13(2,17)14(3,8-12(18)19-4)9-5-6-10(15)11(16)7-9/h5-7H,8,17H2,1-4H3. The van der Waals surface area contributed by atoms with Gasteiger partial charge in [-0.05, 0) is 31.5 Å². The Labute approximate surface area is 111 Å². The lowest BCUT2D eigenvalue weighted by atomic mass is 9.66. The SMILES string of the molecule is COC(=O)CC(C)(c1ccc(F)c(F)c1)C(C)(C)N. The number of methoxy groups -OCH3 is 1. The van der Waals surface area contributed by atoms with E-state index in [9.17, 15) is 13.6 Å². The summed E-state index contributed by atoms with van der Waals surface area (Å²) >= 11 is 0. The predicted molar refractivity (Wildman–Crippen MR) is 68.6 cm³/mol. The molecule has 1 unspecified atom stereocenters. The number of ether oxygens (including phenoxy) is 1. The second-order valence-corrected chi connectivity index (χ2v) is 5.44. The van der Waals surface area contributed by atoms with Crippen molar-refractivity contribution >= 4 is 5.97 Å². The summed E-state index contributed by atoms with van der Waals surface area (Å²) in [5.41, 5.74) is 4.89. The van der Waals surface area contributed by atoms with E-state index < -0.39 is 28.6 Å². The van der Waals surface area contributed by atoms with E-state index in [-0.39, 0.29) is 6.42 Å². The van der Waals surface area contributed by atoms with Crippen molar-refractivity contribution in [1.29, 1.82) is 0 Å². The molecule has 0 aliphatic rings. The lowest BCUT2D eigenvalue weighted by Gasteiger charge is -2.41. The summed E-state index contributed by atoms with van der Waals surface area (Å²) in [6.45, 7) is 5.20. The van der Waals surface area contributed by atoms with Crippen LogP contribution in [0.5, 0.6) is 0 Å². The molecular weight excluding hydrogens is 252 g/mol. The van der Waals surface area contributed by atoms with Crippen LogP contribution < -0.4 is 5.73 Å². The molecule has 0 amide bonds. The highest BCUT2D eigenvalue weighted by Crippen LogP contribution is 2.37. The Morgan fingerprint density at radius 1 is 1.26 bits per heavy atom. The summed E-state index contributed by atoms with van der Waals surface area (Å²) in [6.07, 6.45) is -0.0158. The molecule has 0 bridgehead atoms. The van der Waals surface area contributed by atoms with E-state index in [0.29, 0.717) is 5.56 Å². The van der Waals surface area contributed by atoms with Gasteiger partial charge in [-0.15, -0.1) is 0 Å². The number of hydrogen-bond acceptors (Lipinski definition) is 3. The van der Waals surface area contributed by atoms with E-state index in [1.54, 1.807) is 20.8 Å². The number of nitrogens with two attached hydrogens (primary N) is 1. The molecular formula is C14H19F2NO2. The molecule has 19 heavy (non-hydrogen) atoms. The summed E-state index contributed by atoms with van der Waals surface area (Å²) in [7, 11) is 1.28. The van der Waals surface area contributed by atoms with E-state index in [4.69, 9.17) is 5.73 Å². The summed E-state index contributed by atoms with van der Waals surface area (Å²) in [6, 6.07) is 3.55. The van der Waals surface area contributed by atoms with Crippen LogP contribution in [0, 0.1) is 11.6 Å². The van der Waals surface area contributed by atoms with Gasteiger partial charge in [-0.1, -0.05) is 13.0 Å². The third-order valence-corrected chi connectivity index (χ3v) is 3.70. The van der Waals surface area contributed by atoms with Crippen molar-refractivity contribution in [3.8, 4) is 0 Å². The zero-order valence-electron chi connectivity index (χ0n) is 11.6. The van der Waals surface area contributed by atoms with Gasteiger partial charge in [-0.2, -0.15) is 0 Å². The van der Waals surface area contributed by atoms with Crippen LogP contribution in [-0.2, 0) is 14.9 Å². The zero-order valence-corrected chi connectivity index (χ0v) is 11.6. The average molecular weight is 271 g/mol. The van der Waals surface area contributed by atoms with Crippen LogP contribution in [0.15, 0.2) is 18.2 Å². The van der Waals surface area contributed by atoms with Gasteiger partial charge in [-0.25, -0.2) is 8.78 Å². The topological polar surface area (TPSA) is 52.3 Å². The number of rotatable bonds is 4. The fraction of sp³-hybridized carbons (Fsp3) is 0.500. The molecule has 0 aromatic heterocycles. The van der Waals surface area contributed by atoms with E-state index in [2.05, 4.69) is 4.74 Å². The van der Waals surface area contributed by atoms with E-state index in [0.717, 1.165) is 12.1 Å². The Morgan fingerprint density at radius 3 is 2.26 bits per heavy atom. The van der Waals surface area contributed by atoms with Crippen LogP contribution in [0.25, 0.3) is 0 Å². The normalized spacial score (nSPS) is 14.9. The van der Waals surface area contributed by atoms with Crippen molar-refractivity contribution in [2.75, 3.05) is 7.11 Å². The minimum atomic E-state index is -0.960. The summed E-state index contributed by atoms with van der Waals surface area (Å²) in [5, 5.41) is 0. The van der Waals surface area contributed by atoms with Gasteiger partial charge in [0.25, 0.3) is 0 Å². The summed E-state index contributed by atoms with van der Waals surface area (Å²) in [4.78, 5) is 11.6. The number of benzene rings is 1. The second-order valence-electron chi connectivity index (χ2n) is 5.44. The minimum absolute atomic E-state index is 0.0158. The smallest absolute Gasteiger partial charge is 0.306 e. The van der Waals surface area contributed by atoms with Gasteiger partial charge >= 0.3 is 5.97 Å². The molecule has 2 N–H and O–H groups in total. The van der Waals surface area contributed by atoms with Crippen LogP contribution in [0.4, 0.5) is 8.78 Å².